The van der Waals surface area contributed by atoms with E-state index < -0.39 is 34.4 Å². The molecule has 0 saturated heterocycles. The van der Waals surface area contributed by atoms with Crippen molar-refractivity contribution in [3.05, 3.63) is 76.5 Å². The van der Waals surface area contributed by atoms with Crippen molar-refractivity contribution in [2.24, 2.45) is 0 Å². The van der Waals surface area contributed by atoms with Crippen LogP contribution in [0.3, 0.4) is 0 Å². The minimum atomic E-state index is -0.861. The second-order valence-electron chi connectivity index (χ2n) is 6.39. The van der Waals surface area contributed by atoms with Gasteiger partial charge >= 0.3 is 5.97 Å². The van der Waals surface area contributed by atoms with Gasteiger partial charge in [-0.1, -0.05) is 18.2 Å². The van der Waals surface area contributed by atoms with Gasteiger partial charge in [0, 0.05) is 17.7 Å². The van der Waals surface area contributed by atoms with Gasteiger partial charge in [-0.25, -0.2) is 4.79 Å². The van der Waals surface area contributed by atoms with Gasteiger partial charge < -0.3 is 29.6 Å². The fraction of sp³-hybridized carbons (Fsp3) is 0. The standard InChI is InChI=1S/C22H14O8/c23-13-9-16(26)18-17(10-13)29-20(12-6-7-14(24)15(25)8-12)21(19(18)27)30-22(28)11-4-2-1-3-5-11/h1-10,23-26H. The Morgan fingerprint density at radius 3 is 2.27 bits per heavy atom. The van der Waals surface area contributed by atoms with E-state index in [2.05, 4.69) is 0 Å². The summed E-state index contributed by atoms with van der Waals surface area (Å²) in [6.07, 6.45) is 0. The maximum atomic E-state index is 13.1. The highest BCUT2D eigenvalue weighted by atomic mass is 16.5. The molecule has 0 radical (unpaired) electrons. The highest BCUT2D eigenvalue weighted by Crippen LogP contribution is 2.38. The number of rotatable bonds is 3. The quantitative estimate of drug-likeness (QED) is 0.300. The highest BCUT2D eigenvalue weighted by molar-refractivity contribution is 5.94. The van der Waals surface area contributed by atoms with Gasteiger partial charge in [0.05, 0.1) is 5.56 Å². The number of benzene rings is 3. The number of carbonyl (C=O) groups excluding carboxylic acids is 1. The van der Waals surface area contributed by atoms with Crippen LogP contribution in [0.1, 0.15) is 10.4 Å². The van der Waals surface area contributed by atoms with Gasteiger partial charge in [0.15, 0.2) is 17.3 Å². The molecule has 30 heavy (non-hydrogen) atoms. The van der Waals surface area contributed by atoms with Crippen LogP contribution in [0.2, 0.25) is 0 Å². The molecule has 3 aromatic carbocycles. The minimum absolute atomic E-state index is 0.114. The second kappa shape index (κ2) is 7.17. The third kappa shape index (κ3) is 3.26. The molecule has 4 N–H and O–H groups in total. The highest BCUT2D eigenvalue weighted by Gasteiger charge is 2.24. The van der Waals surface area contributed by atoms with Crippen LogP contribution < -0.4 is 10.2 Å². The first kappa shape index (κ1) is 18.9. The van der Waals surface area contributed by atoms with Crippen LogP contribution >= 0.6 is 0 Å². The lowest BCUT2D eigenvalue weighted by atomic mass is 10.1. The van der Waals surface area contributed by atoms with Gasteiger partial charge in [0.2, 0.25) is 11.2 Å². The predicted octanol–water partition coefficient (Wildman–Crippen LogP) is 3.50. The summed E-state index contributed by atoms with van der Waals surface area (Å²) in [5.41, 5.74) is -0.741. The molecule has 0 aliphatic rings. The topological polar surface area (TPSA) is 137 Å². The summed E-state index contributed by atoms with van der Waals surface area (Å²) >= 11 is 0. The normalized spacial score (nSPS) is 10.8. The summed E-state index contributed by atoms with van der Waals surface area (Å²) in [7, 11) is 0. The molecule has 1 aromatic heterocycles. The Labute approximate surface area is 168 Å². The van der Waals surface area contributed by atoms with Crippen molar-refractivity contribution in [2.45, 2.75) is 0 Å². The molecule has 0 atom stereocenters. The van der Waals surface area contributed by atoms with E-state index in [1.54, 1.807) is 18.2 Å². The number of hydrogen-bond donors (Lipinski definition) is 4. The van der Waals surface area contributed by atoms with Gasteiger partial charge in [0.25, 0.3) is 0 Å². The Hall–Kier alpha value is -4.46. The molecule has 4 rings (SSSR count). The number of phenolic OH excluding ortho intramolecular Hbond substituents is 4. The van der Waals surface area contributed by atoms with Crippen molar-refractivity contribution < 1.29 is 34.4 Å². The summed E-state index contributed by atoms with van der Waals surface area (Å²) in [4.78, 5) is 25.6. The van der Waals surface area contributed by atoms with Crippen LogP contribution in [0, 0.1) is 0 Å². The van der Waals surface area contributed by atoms with E-state index in [9.17, 15) is 30.0 Å². The van der Waals surface area contributed by atoms with Crippen molar-refractivity contribution >= 4 is 16.9 Å². The smallest absolute Gasteiger partial charge is 0.343 e. The lowest BCUT2D eigenvalue weighted by Gasteiger charge is -2.12. The Kier molecular flexibility index (Phi) is 4.51. The first-order chi connectivity index (χ1) is 14.3. The first-order valence-electron chi connectivity index (χ1n) is 8.67. The van der Waals surface area contributed by atoms with Crippen LogP contribution in [0.4, 0.5) is 0 Å². The van der Waals surface area contributed by atoms with Gasteiger partial charge in [-0.05, 0) is 30.3 Å². The Bertz CT molecular complexity index is 1340. The van der Waals surface area contributed by atoms with Crippen molar-refractivity contribution in [3.8, 4) is 40.1 Å². The van der Waals surface area contributed by atoms with E-state index in [4.69, 9.17) is 9.15 Å². The molecule has 0 bridgehead atoms. The number of phenols is 4. The van der Waals surface area contributed by atoms with Crippen LogP contribution in [-0.4, -0.2) is 26.4 Å². The second-order valence-corrected chi connectivity index (χ2v) is 6.39. The van der Waals surface area contributed by atoms with E-state index in [-0.39, 0.29) is 33.6 Å². The third-order valence-corrected chi connectivity index (χ3v) is 4.36. The number of aromatic hydroxyl groups is 4. The molecule has 4 aromatic rings. The lowest BCUT2D eigenvalue weighted by Crippen LogP contribution is -2.16. The maximum Gasteiger partial charge on any atom is 0.343 e. The van der Waals surface area contributed by atoms with Gasteiger partial charge in [0.1, 0.15) is 22.5 Å². The van der Waals surface area contributed by atoms with E-state index in [1.807, 2.05) is 0 Å². The zero-order valence-corrected chi connectivity index (χ0v) is 15.2. The molecule has 0 aliphatic carbocycles. The zero-order valence-electron chi connectivity index (χ0n) is 15.2. The molecule has 0 unspecified atom stereocenters. The average Bonchev–Trinajstić information content (AvgIpc) is 2.72. The Morgan fingerprint density at radius 1 is 0.833 bits per heavy atom. The lowest BCUT2D eigenvalue weighted by molar-refractivity contribution is 0.0731. The minimum Gasteiger partial charge on any atom is -0.508 e. The van der Waals surface area contributed by atoms with Crippen LogP contribution in [0.15, 0.2) is 69.9 Å². The van der Waals surface area contributed by atoms with Crippen LogP contribution in [-0.2, 0) is 0 Å². The van der Waals surface area contributed by atoms with Gasteiger partial charge in [-0.3, -0.25) is 4.79 Å². The fourth-order valence-electron chi connectivity index (χ4n) is 2.94. The van der Waals surface area contributed by atoms with E-state index in [0.717, 1.165) is 24.3 Å². The van der Waals surface area contributed by atoms with E-state index in [1.165, 1.54) is 18.2 Å². The number of esters is 1. The number of carbonyl (C=O) groups is 1. The van der Waals surface area contributed by atoms with Crippen LogP contribution in [0.25, 0.3) is 22.3 Å². The predicted molar refractivity (Wildman–Crippen MR) is 106 cm³/mol. The Morgan fingerprint density at radius 2 is 1.57 bits per heavy atom. The number of fused-ring (bicyclic) bond motifs is 1. The fourth-order valence-corrected chi connectivity index (χ4v) is 2.94. The maximum absolute atomic E-state index is 13.1. The zero-order chi connectivity index (χ0) is 21.4. The average molecular weight is 406 g/mol. The molecule has 0 saturated carbocycles. The molecule has 150 valence electrons. The van der Waals surface area contributed by atoms with Crippen molar-refractivity contribution in [1.82, 2.24) is 0 Å². The van der Waals surface area contributed by atoms with Crippen molar-refractivity contribution in [1.29, 1.82) is 0 Å². The van der Waals surface area contributed by atoms with Gasteiger partial charge in [-0.15, -0.1) is 0 Å². The molecule has 0 spiro atoms. The number of hydrogen-bond acceptors (Lipinski definition) is 8. The molecule has 0 amide bonds. The molecule has 0 aliphatic heterocycles. The monoisotopic (exact) mass is 406 g/mol. The van der Waals surface area contributed by atoms with Crippen LogP contribution in [0.5, 0.6) is 28.7 Å². The summed E-state index contributed by atoms with van der Waals surface area (Å²) in [5.74, 6) is -3.41. The number of ether oxygens (including phenoxy) is 1. The summed E-state index contributed by atoms with van der Waals surface area (Å²) < 4.78 is 11.0. The third-order valence-electron chi connectivity index (χ3n) is 4.36. The summed E-state index contributed by atoms with van der Waals surface area (Å²) in [6.45, 7) is 0. The first-order valence-corrected chi connectivity index (χ1v) is 8.67. The van der Waals surface area contributed by atoms with Gasteiger partial charge in [-0.2, -0.15) is 0 Å². The van der Waals surface area contributed by atoms with E-state index in [0.29, 0.717) is 0 Å². The summed E-state index contributed by atoms with van der Waals surface area (Å²) in [6, 6.07) is 13.6. The molecule has 8 nitrogen and oxygen atoms in total. The SMILES string of the molecule is O=C(Oc1c(-c2ccc(O)c(O)c2)oc2cc(O)cc(O)c2c1=O)c1ccccc1. The molecule has 8 heteroatoms. The molecular weight excluding hydrogens is 392 g/mol. The van der Waals surface area contributed by atoms with Crippen molar-refractivity contribution in [3.63, 3.8) is 0 Å². The largest absolute Gasteiger partial charge is 0.508 e. The van der Waals surface area contributed by atoms with E-state index >= 15 is 0 Å². The molecule has 1 heterocycles. The molecule has 0 fully saturated rings. The molecular formula is C22H14O8. The Balaban J connectivity index is 1.98. The summed E-state index contributed by atoms with van der Waals surface area (Å²) in [5, 5.41) is 38.9. The van der Waals surface area contributed by atoms with Crippen molar-refractivity contribution in [2.75, 3.05) is 0 Å².